The molecule has 21 heavy (non-hydrogen) atoms. The fourth-order valence-corrected chi connectivity index (χ4v) is 2.56. The van der Waals surface area contributed by atoms with Crippen molar-refractivity contribution in [2.45, 2.75) is 60.6 Å². The van der Waals surface area contributed by atoms with E-state index in [0.717, 1.165) is 11.3 Å². The number of hydrogen-bond donors (Lipinski definition) is 1. The van der Waals surface area contributed by atoms with E-state index in [1.807, 2.05) is 26.0 Å². The Bertz CT molecular complexity index is 472. The van der Waals surface area contributed by atoms with Crippen molar-refractivity contribution in [2.75, 3.05) is 0 Å². The zero-order valence-corrected chi connectivity index (χ0v) is 14.4. The number of rotatable bonds is 6. The van der Waals surface area contributed by atoms with Gasteiger partial charge in [0.15, 0.2) is 6.10 Å². The minimum atomic E-state index is -0.494. The van der Waals surface area contributed by atoms with E-state index in [0.29, 0.717) is 11.8 Å². The molecule has 0 aliphatic rings. The fourth-order valence-electron chi connectivity index (χ4n) is 2.56. The lowest BCUT2D eigenvalue weighted by Gasteiger charge is -2.27. The molecule has 0 unspecified atom stereocenters. The summed E-state index contributed by atoms with van der Waals surface area (Å²) in [6.45, 7) is 14.3. The summed E-state index contributed by atoms with van der Waals surface area (Å²) in [6, 6.07) is 6.16. The van der Waals surface area contributed by atoms with Crippen LogP contribution < -0.4 is 10.1 Å². The zero-order chi connectivity index (χ0) is 16.2. The molecule has 0 aliphatic heterocycles. The summed E-state index contributed by atoms with van der Waals surface area (Å²) in [4.78, 5) is 12.3. The summed E-state index contributed by atoms with van der Waals surface area (Å²) in [5.74, 6) is 1.53. The highest BCUT2D eigenvalue weighted by Gasteiger charge is 2.23. The Labute approximate surface area is 129 Å². The molecule has 1 amide bonds. The van der Waals surface area contributed by atoms with E-state index in [1.54, 1.807) is 6.92 Å². The van der Waals surface area contributed by atoms with Crippen LogP contribution in [0, 0.1) is 25.7 Å². The van der Waals surface area contributed by atoms with Crippen molar-refractivity contribution in [1.82, 2.24) is 5.32 Å². The minimum Gasteiger partial charge on any atom is -0.481 e. The Morgan fingerprint density at radius 1 is 1.05 bits per heavy atom. The topological polar surface area (TPSA) is 38.3 Å². The molecule has 1 rings (SSSR count). The molecule has 3 heteroatoms. The maximum absolute atomic E-state index is 12.3. The second-order valence-corrected chi connectivity index (χ2v) is 6.55. The van der Waals surface area contributed by atoms with Crippen molar-refractivity contribution >= 4 is 5.91 Å². The molecule has 0 saturated carbocycles. The third-order valence-corrected chi connectivity index (χ3v) is 3.75. The van der Waals surface area contributed by atoms with Gasteiger partial charge in [-0.3, -0.25) is 4.79 Å². The van der Waals surface area contributed by atoms with E-state index >= 15 is 0 Å². The molecule has 0 aliphatic carbocycles. The van der Waals surface area contributed by atoms with Crippen LogP contribution in [-0.2, 0) is 4.79 Å². The average molecular weight is 291 g/mol. The standard InChI is InChI=1S/C18H29NO2/c1-11(2)17(12(3)4)19-18(20)15(7)21-16-9-8-13(5)10-14(16)6/h8-12,15,17H,1-7H3,(H,19,20)/t15-/m0/s1. The van der Waals surface area contributed by atoms with Gasteiger partial charge in [0.25, 0.3) is 5.91 Å². The Morgan fingerprint density at radius 2 is 1.62 bits per heavy atom. The first-order valence-corrected chi connectivity index (χ1v) is 7.76. The molecule has 0 saturated heterocycles. The molecule has 0 aromatic heterocycles. The third-order valence-electron chi connectivity index (χ3n) is 3.75. The van der Waals surface area contributed by atoms with Crippen molar-refractivity contribution < 1.29 is 9.53 Å². The van der Waals surface area contributed by atoms with Gasteiger partial charge >= 0.3 is 0 Å². The molecule has 3 nitrogen and oxygen atoms in total. The SMILES string of the molecule is Cc1ccc(O[C@@H](C)C(=O)NC(C(C)C)C(C)C)c(C)c1. The van der Waals surface area contributed by atoms with Gasteiger partial charge in [0, 0.05) is 6.04 Å². The number of carbonyl (C=O) groups is 1. The van der Waals surface area contributed by atoms with Crippen molar-refractivity contribution in [3.8, 4) is 5.75 Å². The molecular weight excluding hydrogens is 262 g/mol. The lowest BCUT2D eigenvalue weighted by Crippen LogP contribution is -2.47. The van der Waals surface area contributed by atoms with Gasteiger partial charge in [-0.25, -0.2) is 0 Å². The average Bonchev–Trinajstić information content (AvgIpc) is 2.37. The maximum Gasteiger partial charge on any atom is 0.261 e. The molecule has 0 heterocycles. The van der Waals surface area contributed by atoms with Gasteiger partial charge in [0.05, 0.1) is 0 Å². The fraction of sp³-hybridized carbons (Fsp3) is 0.611. The van der Waals surface area contributed by atoms with Gasteiger partial charge in [-0.2, -0.15) is 0 Å². The van der Waals surface area contributed by atoms with Crippen LogP contribution in [0.3, 0.4) is 0 Å². The molecule has 0 fully saturated rings. The van der Waals surface area contributed by atoms with Gasteiger partial charge in [-0.05, 0) is 44.2 Å². The third kappa shape index (κ3) is 5.07. The van der Waals surface area contributed by atoms with E-state index in [9.17, 15) is 4.79 Å². The first kappa shape index (κ1) is 17.5. The summed E-state index contributed by atoms with van der Waals surface area (Å²) < 4.78 is 5.81. The molecule has 0 spiro atoms. The summed E-state index contributed by atoms with van der Waals surface area (Å²) in [5, 5.41) is 3.10. The van der Waals surface area contributed by atoms with Crippen LogP contribution in [-0.4, -0.2) is 18.1 Å². The van der Waals surface area contributed by atoms with Crippen LogP contribution in [0.2, 0.25) is 0 Å². The van der Waals surface area contributed by atoms with Crippen LogP contribution in [0.25, 0.3) is 0 Å². The van der Waals surface area contributed by atoms with Crippen LogP contribution in [0.1, 0.15) is 45.7 Å². The van der Waals surface area contributed by atoms with Crippen molar-refractivity contribution in [2.24, 2.45) is 11.8 Å². The highest BCUT2D eigenvalue weighted by atomic mass is 16.5. The lowest BCUT2D eigenvalue weighted by atomic mass is 9.93. The van der Waals surface area contributed by atoms with E-state index in [4.69, 9.17) is 4.74 Å². The van der Waals surface area contributed by atoms with Gasteiger partial charge in [-0.1, -0.05) is 45.4 Å². The first-order chi connectivity index (χ1) is 9.72. The number of amides is 1. The number of nitrogens with one attached hydrogen (secondary N) is 1. The van der Waals surface area contributed by atoms with Gasteiger partial charge in [0.1, 0.15) is 5.75 Å². The summed E-state index contributed by atoms with van der Waals surface area (Å²) in [7, 11) is 0. The molecule has 1 N–H and O–H groups in total. The number of carbonyl (C=O) groups excluding carboxylic acids is 1. The van der Waals surface area contributed by atoms with E-state index in [-0.39, 0.29) is 11.9 Å². The molecule has 1 atom stereocenters. The van der Waals surface area contributed by atoms with E-state index < -0.39 is 6.10 Å². The van der Waals surface area contributed by atoms with Crippen molar-refractivity contribution in [3.63, 3.8) is 0 Å². The summed E-state index contributed by atoms with van der Waals surface area (Å²) in [5.41, 5.74) is 2.25. The smallest absolute Gasteiger partial charge is 0.261 e. The van der Waals surface area contributed by atoms with E-state index in [2.05, 4.69) is 39.1 Å². The quantitative estimate of drug-likeness (QED) is 0.864. The number of ether oxygens (including phenoxy) is 1. The highest BCUT2D eigenvalue weighted by molar-refractivity contribution is 5.81. The predicted molar refractivity (Wildman–Crippen MR) is 87.6 cm³/mol. The number of aryl methyl sites for hydroxylation is 2. The Balaban J connectivity index is 2.70. The molecular formula is C18H29NO2. The zero-order valence-electron chi connectivity index (χ0n) is 14.4. The number of hydrogen-bond acceptors (Lipinski definition) is 2. The predicted octanol–water partition coefficient (Wildman–Crippen LogP) is 3.87. The summed E-state index contributed by atoms with van der Waals surface area (Å²) in [6.07, 6.45) is -0.494. The van der Waals surface area contributed by atoms with Crippen LogP contribution >= 0.6 is 0 Å². The lowest BCUT2D eigenvalue weighted by molar-refractivity contribution is -0.128. The monoisotopic (exact) mass is 291 g/mol. The Morgan fingerprint density at radius 3 is 2.10 bits per heavy atom. The summed E-state index contributed by atoms with van der Waals surface area (Å²) >= 11 is 0. The van der Waals surface area contributed by atoms with Crippen LogP contribution in [0.15, 0.2) is 18.2 Å². The van der Waals surface area contributed by atoms with Crippen molar-refractivity contribution in [1.29, 1.82) is 0 Å². The van der Waals surface area contributed by atoms with E-state index in [1.165, 1.54) is 5.56 Å². The van der Waals surface area contributed by atoms with Crippen LogP contribution in [0.4, 0.5) is 0 Å². The number of benzene rings is 1. The molecule has 0 bridgehead atoms. The Kier molecular flexibility index (Phi) is 6.25. The van der Waals surface area contributed by atoms with Gasteiger partial charge in [-0.15, -0.1) is 0 Å². The first-order valence-electron chi connectivity index (χ1n) is 7.76. The van der Waals surface area contributed by atoms with Crippen molar-refractivity contribution in [3.05, 3.63) is 29.3 Å². The van der Waals surface area contributed by atoms with Gasteiger partial charge in [0.2, 0.25) is 0 Å². The molecule has 0 radical (unpaired) electrons. The minimum absolute atomic E-state index is 0.0534. The van der Waals surface area contributed by atoms with Gasteiger partial charge < -0.3 is 10.1 Å². The largest absolute Gasteiger partial charge is 0.481 e. The molecule has 118 valence electrons. The second kappa shape index (κ2) is 7.48. The van der Waals surface area contributed by atoms with Crippen LogP contribution in [0.5, 0.6) is 5.75 Å². The normalized spacial score (nSPS) is 12.9. The second-order valence-electron chi connectivity index (χ2n) is 6.55. The molecule has 1 aromatic rings. The maximum atomic E-state index is 12.3. The molecule has 1 aromatic carbocycles. The Hall–Kier alpha value is -1.51. The highest BCUT2D eigenvalue weighted by Crippen LogP contribution is 2.20.